The second-order valence-corrected chi connectivity index (χ2v) is 3.04. The molecule has 0 atom stereocenters. The molecule has 0 bridgehead atoms. The van der Waals surface area contributed by atoms with Crippen molar-refractivity contribution in [3.8, 4) is 0 Å². The molecule has 0 aliphatic heterocycles. The van der Waals surface area contributed by atoms with E-state index in [4.69, 9.17) is 0 Å². The summed E-state index contributed by atoms with van der Waals surface area (Å²) in [5.74, 6) is 0.465. The Morgan fingerprint density at radius 2 is 1.60 bits per heavy atom. The van der Waals surface area contributed by atoms with E-state index in [0.29, 0.717) is 5.92 Å². The van der Waals surface area contributed by atoms with Crippen LogP contribution in [-0.4, -0.2) is 0 Å². The van der Waals surface area contributed by atoms with E-state index >= 15 is 0 Å². The first kappa shape index (κ1) is 16.7. The van der Waals surface area contributed by atoms with Crippen molar-refractivity contribution >= 4 is 0 Å². The predicted molar refractivity (Wildman–Crippen MR) is 64.8 cm³/mol. The first-order valence-corrected chi connectivity index (χ1v) is 4.13. The van der Waals surface area contributed by atoms with Crippen molar-refractivity contribution < 1.29 is 21.1 Å². The van der Waals surface area contributed by atoms with Crippen LogP contribution in [0.1, 0.15) is 17.0 Å². The molecule has 0 amide bonds. The van der Waals surface area contributed by atoms with Crippen LogP contribution in [0.5, 0.6) is 0 Å². The summed E-state index contributed by atoms with van der Waals surface area (Å²) < 4.78 is 0. The van der Waals surface area contributed by atoms with E-state index in [9.17, 15) is 0 Å². The zero-order chi connectivity index (χ0) is 8.39. The molecule has 0 aromatic heterocycles. The van der Waals surface area contributed by atoms with Crippen molar-refractivity contribution in [3.63, 3.8) is 0 Å². The Morgan fingerprint density at radius 1 is 1.00 bits per heavy atom. The molecule has 1 heteroatoms. The molecule has 0 fully saturated rings. The average molecular weight is 380 g/mol. The zero-order valence-electron chi connectivity index (χ0n) is 9.22. The summed E-state index contributed by atoms with van der Waals surface area (Å²) in [5.41, 5.74) is 2.41. The summed E-state index contributed by atoms with van der Waals surface area (Å²) in [6.45, 7) is 3.90. The minimum atomic E-state index is 0. The third-order valence-electron chi connectivity index (χ3n) is 2.08. The van der Waals surface area contributed by atoms with E-state index in [1.165, 1.54) is 5.56 Å². The van der Waals surface area contributed by atoms with E-state index in [-0.39, 0.29) is 35.9 Å². The van der Waals surface area contributed by atoms with E-state index in [1.54, 1.807) is 0 Å². The Labute approximate surface area is 108 Å². The van der Waals surface area contributed by atoms with Crippen LogP contribution in [0.3, 0.4) is 0 Å². The van der Waals surface area contributed by atoms with Gasteiger partial charge in [-0.1, -0.05) is 35.9 Å². The monoisotopic (exact) mass is 380 g/mol. The van der Waals surface area contributed by atoms with Gasteiger partial charge in [0.2, 0.25) is 0 Å². The second kappa shape index (κ2) is 7.54. The number of rotatable bonds is 1. The molecule has 0 N–H and O–H groups in total. The van der Waals surface area contributed by atoms with Gasteiger partial charge in [-0.3, -0.25) is 0 Å². The summed E-state index contributed by atoms with van der Waals surface area (Å²) in [4.78, 5) is 0. The van der Waals surface area contributed by atoms with Gasteiger partial charge in [-0.25, -0.2) is 0 Å². The number of allylic oxidation sites excluding steroid dienone is 4. The van der Waals surface area contributed by atoms with Gasteiger partial charge in [-0.15, -0.1) is 6.07 Å². The first-order chi connectivity index (χ1) is 5.86. The summed E-state index contributed by atoms with van der Waals surface area (Å²) in [7, 11) is 0. The van der Waals surface area contributed by atoms with Crippen molar-refractivity contribution in [1.29, 1.82) is 0 Å². The molecule has 2 rings (SSSR count). The number of hydrogen-bond donors (Lipinski definition) is 0. The van der Waals surface area contributed by atoms with Gasteiger partial charge in [-0.2, -0.15) is 24.6 Å². The summed E-state index contributed by atoms with van der Waals surface area (Å²) >= 11 is 0. The largest absolute Gasteiger partial charge is 0.358 e. The number of benzene rings is 1. The van der Waals surface area contributed by atoms with E-state index in [0.717, 1.165) is 5.56 Å². The Hall–Kier alpha value is -0.742. The van der Waals surface area contributed by atoms with E-state index in [1.807, 2.05) is 6.07 Å². The van der Waals surface area contributed by atoms with Crippen LogP contribution in [0.15, 0.2) is 48.6 Å². The third kappa shape index (κ3) is 4.09. The SMILES string of the molecule is [CH2-]c1cccc(C2C=CC=C2)c1.[CH3-].[CH3-].[Pt]. The van der Waals surface area contributed by atoms with Crippen molar-refractivity contribution in [2.75, 3.05) is 0 Å². The second-order valence-electron chi connectivity index (χ2n) is 3.04. The fraction of sp³-hybridized carbons (Fsp3) is 0.0714. The Kier molecular flexibility index (Phi) is 8.38. The topological polar surface area (TPSA) is 0 Å². The predicted octanol–water partition coefficient (Wildman–Crippen LogP) is 3.98. The quantitative estimate of drug-likeness (QED) is 0.647. The van der Waals surface area contributed by atoms with Gasteiger partial charge < -0.3 is 14.9 Å². The molecule has 0 nitrogen and oxygen atoms in total. The van der Waals surface area contributed by atoms with E-state index < -0.39 is 0 Å². The van der Waals surface area contributed by atoms with Crippen LogP contribution in [0.2, 0.25) is 0 Å². The van der Waals surface area contributed by atoms with Gasteiger partial charge in [0, 0.05) is 27.0 Å². The molecular weight excluding hydrogens is 363 g/mol. The van der Waals surface area contributed by atoms with Gasteiger partial charge in [-0.05, 0) is 0 Å². The molecule has 0 saturated heterocycles. The van der Waals surface area contributed by atoms with Crippen molar-refractivity contribution in [1.82, 2.24) is 0 Å². The maximum atomic E-state index is 3.90. The van der Waals surface area contributed by atoms with Crippen molar-refractivity contribution in [2.45, 2.75) is 5.92 Å². The van der Waals surface area contributed by atoms with E-state index in [2.05, 4.69) is 49.4 Å². The van der Waals surface area contributed by atoms with Gasteiger partial charge in [0.25, 0.3) is 0 Å². The van der Waals surface area contributed by atoms with Crippen LogP contribution in [-0.2, 0) is 21.1 Å². The molecule has 1 aliphatic carbocycles. The maximum Gasteiger partial charge on any atom is 0.00910 e. The van der Waals surface area contributed by atoms with Crippen LogP contribution >= 0.6 is 0 Å². The molecule has 0 saturated carbocycles. The number of hydrogen-bond acceptors (Lipinski definition) is 0. The molecule has 1 aromatic rings. The van der Waals surface area contributed by atoms with Gasteiger partial charge in [0.1, 0.15) is 0 Å². The Balaban J connectivity index is 0. The Bertz CT molecular complexity index is 325. The van der Waals surface area contributed by atoms with Gasteiger partial charge >= 0.3 is 0 Å². The smallest absolute Gasteiger partial charge is 0.00910 e. The summed E-state index contributed by atoms with van der Waals surface area (Å²) in [6.07, 6.45) is 8.55. The van der Waals surface area contributed by atoms with Gasteiger partial charge in [0.05, 0.1) is 0 Å². The van der Waals surface area contributed by atoms with Crippen LogP contribution in [0.25, 0.3) is 0 Å². The molecule has 1 aliphatic rings. The molecule has 1 aromatic carbocycles. The Morgan fingerprint density at radius 3 is 2.13 bits per heavy atom. The van der Waals surface area contributed by atoms with Crippen LogP contribution in [0, 0.1) is 21.8 Å². The molecule has 0 spiro atoms. The molecule has 0 heterocycles. The van der Waals surface area contributed by atoms with Crippen molar-refractivity contribution in [3.05, 3.63) is 81.5 Å². The normalized spacial score (nSPS) is 12.5. The standard InChI is InChI=1S/C12H11.2CH3.Pt/c1-10-5-4-8-12(9-10)11-6-2-3-7-11;;;/h2-9,11H,1H2;2*1H3;/q3*-1;. The zero-order valence-corrected chi connectivity index (χ0v) is 11.5. The average Bonchev–Trinajstić information content (AvgIpc) is 2.56. The van der Waals surface area contributed by atoms with Crippen LogP contribution in [0.4, 0.5) is 0 Å². The minimum Gasteiger partial charge on any atom is -0.358 e. The molecule has 0 unspecified atom stereocenters. The van der Waals surface area contributed by atoms with Crippen LogP contribution < -0.4 is 0 Å². The third-order valence-corrected chi connectivity index (χ3v) is 2.08. The fourth-order valence-electron chi connectivity index (χ4n) is 1.45. The molecular formula is C14H17Pt-3. The van der Waals surface area contributed by atoms with Gasteiger partial charge in [0.15, 0.2) is 0 Å². The summed E-state index contributed by atoms with van der Waals surface area (Å²) in [5, 5.41) is 0. The first-order valence-electron chi connectivity index (χ1n) is 4.13. The van der Waals surface area contributed by atoms with Crippen molar-refractivity contribution in [2.24, 2.45) is 0 Å². The summed E-state index contributed by atoms with van der Waals surface area (Å²) in [6, 6.07) is 8.34. The molecule has 86 valence electrons. The fourth-order valence-corrected chi connectivity index (χ4v) is 1.45. The minimum absolute atomic E-state index is 0. The molecule has 0 radical (unpaired) electrons. The maximum absolute atomic E-state index is 3.90. The molecule has 15 heavy (non-hydrogen) atoms.